The second kappa shape index (κ2) is 6.44. The van der Waals surface area contributed by atoms with E-state index in [9.17, 15) is 0 Å². The van der Waals surface area contributed by atoms with Crippen molar-refractivity contribution in [3.8, 4) is 0 Å². The minimum atomic E-state index is 0.0814. The molecule has 0 aromatic carbocycles. The molecule has 0 spiro atoms. The first kappa shape index (κ1) is 12.9. The van der Waals surface area contributed by atoms with Gasteiger partial charge in [-0.15, -0.1) is 0 Å². The molecule has 16 heavy (non-hydrogen) atoms. The fourth-order valence-electron chi connectivity index (χ4n) is 1.14. The highest BCUT2D eigenvalue weighted by Gasteiger charge is 2.07. The Hall–Kier alpha value is -1.14. The summed E-state index contributed by atoms with van der Waals surface area (Å²) in [6.07, 6.45) is 0.625. The van der Waals surface area contributed by atoms with Crippen molar-refractivity contribution in [2.24, 2.45) is 0 Å². The second-order valence-corrected chi connectivity index (χ2v) is 3.68. The Balaban J connectivity index is 2.71. The lowest BCUT2D eigenvalue weighted by molar-refractivity contribution is 0.282. The normalized spacial score (nSPS) is 12.2. The minimum absolute atomic E-state index is 0.0814. The van der Waals surface area contributed by atoms with Gasteiger partial charge in [-0.3, -0.25) is 0 Å². The van der Waals surface area contributed by atoms with E-state index in [1.54, 1.807) is 0 Å². The molecular weight excluding hydrogens is 230 g/mol. The largest absolute Gasteiger partial charge is 0.396 e. The number of aliphatic hydroxyl groups excluding tert-OH is 1. The third-order valence-electron chi connectivity index (χ3n) is 1.88. The number of anilines is 2. The van der Waals surface area contributed by atoms with Crippen LogP contribution in [0.15, 0.2) is 0 Å². The fourth-order valence-corrected chi connectivity index (χ4v) is 1.30. The molecule has 0 aliphatic rings. The first-order valence-electron chi connectivity index (χ1n) is 5.18. The Labute approximate surface area is 99.5 Å². The molecular formula is C9H16ClN5O. The van der Waals surface area contributed by atoms with Gasteiger partial charge in [-0.1, -0.05) is 0 Å². The maximum atomic E-state index is 8.78. The van der Waals surface area contributed by atoms with Crippen molar-refractivity contribution in [3.63, 3.8) is 0 Å². The molecule has 1 unspecified atom stereocenters. The number of aromatic nitrogens is 3. The van der Waals surface area contributed by atoms with Crippen molar-refractivity contribution in [1.29, 1.82) is 0 Å². The Bertz CT molecular complexity index is 336. The van der Waals surface area contributed by atoms with E-state index >= 15 is 0 Å². The lowest BCUT2D eigenvalue weighted by Crippen LogP contribution is -2.19. The summed E-state index contributed by atoms with van der Waals surface area (Å²) < 4.78 is 0. The van der Waals surface area contributed by atoms with E-state index in [4.69, 9.17) is 16.7 Å². The standard InChI is InChI=1S/C9H16ClN5O/c1-3-11-8-13-7(10)14-9(15-8)12-6(2)4-5-16/h6,16H,3-5H2,1-2H3,(H2,11,12,13,14,15). The molecule has 0 saturated carbocycles. The number of rotatable bonds is 6. The molecule has 0 radical (unpaired) electrons. The smallest absolute Gasteiger partial charge is 0.229 e. The first-order chi connectivity index (χ1) is 7.65. The van der Waals surface area contributed by atoms with Crippen molar-refractivity contribution >= 4 is 23.5 Å². The van der Waals surface area contributed by atoms with Crippen LogP contribution in [0.3, 0.4) is 0 Å². The van der Waals surface area contributed by atoms with Crippen LogP contribution < -0.4 is 10.6 Å². The monoisotopic (exact) mass is 245 g/mol. The summed E-state index contributed by atoms with van der Waals surface area (Å²) in [7, 11) is 0. The fraction of sp³-hybridized carbons (Fsp3) is 0.667. The number of hydrogen-bond acceptors (Lipinski definition) is 6. The molecule has 0 fully saturated rings. The molecule has 3 N–H and O–H groups in total. The van der Waals surface area contributed by atoms with E-state index in [1.807, 2.05) is 13.8 Å². The Morgan fingerprint density at radius 3 is 2.62 bits per heavy atom. The number of halogens is 1. The topological polar surface area (TPSA) is 83.0 Å². The molecule has 7 heteroatoms. The average Bonchev–Trinajstić information content (AvgIpc) is 2.17. The van der Waals surface area contributed by atoms with Crippen LogP contribution in [-0.2, 0) is 0 Å². The van der Waals surface area contributed by atoms with Gasteiger partial charge in [0.15, 0.2) is 0 Å². The zero-order chi connectivity index (χ0) is 12.0. The van der Waals surface area contributed by atoms with Gasteiger partial charge in [-0.25, -0.2) is 0 Å². The quantitative estimate of drug-likeness (QED) is 0.697. The Morgan fingerprint density at radius 1 is 1.31 bits per heavy atom. The Kier molecular flexibility index (Phi) is 5.21. The van der Waals surface area contributed by atoms with Gasteiger partial charge in [0.1, 0.15) is 0 Å². The summed E-state index contributed by atoms with van der Waals surface area (Å²) in [6, 6.07) is 0.0814. The van der Waals surface area contributed by atoms with E-state index < -0.39 is 0 Å². The van der Waals surface area contributed by atoms with Gasteiger partial charge in [-0.05, 0) is 31.9 Å². The predicted octanol–water partition coefficient (Wildman–Crippen LogP) is 1.14. The van der Waals surface area contributed by atoms with Crippen LogP contribution >= 0.6 is 11.6 Å². The van der Waals surface area contributed by atoms with Gasteiger partial charge in [0, 0.05) is 19.2 Å². The zero-order valence-corrected chi connectivity index (χ0v) is 10.1. The Morgan fingerprint density at radius 2 is 2.00 bits per heavy atom. The van der Waals surface area contributed by atoms with Gasteiger partial charge in [0.25, 0.3) is 0 Å². The van der Waals surface area contributed by atoms with E-state index in [-0.39, 0.29) is 17.9 Å². The number of nitrogens with one attached hydrogen (secondary N) is 2. The van der Waals surface area contributed by atoms with Crippen LogP contribution in [-0.4, -0.2) is 39.3 Å². The zero-order valence-electron chi connectivity index (χ0n) is 9.37. The van der Waals surface area contributed by atoms with Crippen molar-refractivity contribution in [2.75, 3.05) is 23.8 Å². The van der Waals surface area contributed by atoms with E-state index in [0.717, 1.165) is 0 Å². The molecule has 1 heterocycles. The van der Waals surface area contributed by atoms with Gasteiger partial charge in [0.05, 0.1) is 0 Å². The summed E-state index contributed by atoms with van der Waals surface area (Å²) in [5.74, 6) is 0.859. The maximum absolute atomic E-state index is 8.78. The molecule has 0 amide bonds. The van der Waals surface area contributed by atoms with Gasteiger partial charge in [0.2, 0.25) is 17.2 Å². The molecule has 0 aliphatic carbocycles. The SMILES string of the molecule is CCNc1nc(Cl)nc(NC(C)CCO)n1. The number of hydrogen-bond donors (Lipinski definition) is 3. The highest BCUT2D eigenvalue weighted by atomic mass is 35.5. The van der Waals surface area contributed by atoms with Crippen molar-refractivity contribution in [1.82, 2.24) is 15.0 Å². The summed E-state index contributed by atoms with van der Waals surface area (Å²) >= 11 is 5.75. The molecule has 1 rings (SSSR count). The van der Waals surface area contributed by atoms with E-state index in [0.29, 0.717) is 24.9 Å². The minimum Gasteiger partial charge on any atom is -0.396 e. The van der Waals surface area contributed by atoms with Crippen LogP contribution in [0.2, 0.25) is 5.28 Å². The third kappa shape index (κ3) is 4.16. The van der Waals surface area contributed by atoms with Crippen molar-refractivity contribution < 1.29 is 5.11 Å². The second-order valence-electron chi connectivity index (χ2n) is 3.34. The maximum Gasteiger partial charge on any atom is 0.229 e. The van der Waals surface area contributed by atoms with Gasteiger partial charge >= 0.3 is 0 Å². The summed E-state index contributed by atoms with van der Waals surface area (Å²) in [6.45, 7) is 4.71. The molecule has 6 nitrogen and oxygen atoms in total. The van der Waals surface area contributed by atoms with Crippen LogP contribution in [0.5, 0.6) is 0 Å². The van der Waals surface area contributed by atoms with E-state index in [2.05, 4.69) is 25.6 Å². The molecule has 1 aromatic rings. The average molecular weight is 246 g/mol. The predicted molar refractivity (Wildman–Crippen MR) is 63.8 cm³/mol. The molecule has 90 valence electrons. The lowest BCUT2D eigenvalue weighted by Gasteiger charge is -2.12. The molecule has 0 saturated heterocycles. The van der Waals surface area contributed by atoms with Crippen molar-refractivity contribution in [2.45, 2.75) is 26.3 Å². The van der Waals surface area contributed by atoms with Gasteiger partial charge < -0.3 is 15.7 Å². The van der Waals surface area contributed by atoms with Crippen molar-refractivity contribution in [3.05, 3.63) is 5.28 Å². The molecule has 0 bridgehead atoms. The number of aliphatic hydroxyl groups is 1. The number of nitrogens with zero attached hydrogens (tertiary/aromatic N) is 3. The summed E-state index contributed by atoms with van der Waals surface area (Å²) in [4.78, 5) is 12.0. The molecule has 1 aromatic heterocycles. The molecule has 0 aliphatic heterocycles. The first-order valence-corrected chi connectivity index (χ1v) is 5.56. The van der Waals surface area contributed by atoms with Gasteiger partial charge in [-0.2, -0.15) is 15.0 Å². The lowest BCUT2D eigenvalue weighted by atomic mass is 10.2. The third-order valence-corrected chi connectivity index (χ3v) is 2.05. The summed E-state index contributed by atoms with van der Waals surface area (Å²) in [5, 5.41) is 14.9. The van der Waals surface area contributed by atoms with Crippen LogP contribution in [0, 0.1) is 0 Å². The highest BCUT2D eigenvalue weighted by molar-refractivity contribution is 6.28. The van der Waals surface area contributed by atoms with Crippen LogP contribution in [0.25, 0.3) is 0 Å². The molecule has 1 atom stereocenters. The van der Waals surface area contributed by atoms with Crippen LogP contribution in [0.1, 0.15) is 20.3 Å². The highest BCUT2D eigenvalue weighted by Crippen LogP contribution is 2.10. The summed E-state index contributed by atoms with van der Waals surface area (Å²) in [5.41, 5.74) is 0. The van der Waals surface area contributed by atoms with E-state index in [1.165, 1.54) is 0 Å². The van der Waals surface area contributed by atoms with Crippen LogP contribution in [0.4, 0.5) is 11.9 Å².